The van der Waals surface area contributed by atoms with Crippen LogP contribution in [0.3, 0.4) is 0 Å². The van der Waals surface area contributed by atoms with Crippen LogP contribution in [0.4, 0.5) is 0 Å². The van der Waals surface area contributed by atoms with E-state index in [2.05, 4.69) is 79.7 Å². The van der Waals surface area contributed by atoms with Crippen LogP contribution in [0.2, 0.25) is 0 Å². The SMILES string of the molecule is CC1(c2ccc3cc4ccccc4c(O)c3c2)c2ccccc2-c2ccccc21. The molecule has 0 saturated carbocycles. The summed E-state index contributed by atoms with van der Waals surface area (Å²) >= 11 is 0. The van der Waals surface area contributed by atoms with E-state index in [1.165, 1.54) is 27.8 Å². The fourth-order valence-electron chi connectivity index (χ4n) is 5.11. The molecule has 0 radical (unpaired) electrons. The van der Waals surface area contributed by atoms with Gasteiger partial charge in [0.05, 0.1) is 0 Å². The lowest BCUT2D eigenvalue weighted by Crippen LogP contribution is -2.22. The van der Waals surface area contributed by atoms with Crippen LogP contribution in [0.15, 0.2) is 97.1 Å². The third-order valence-electron chi connectivity index (χ3n) is 6.63. The Hall–Kier alpha value is -3.58. The van der Waals surface area contributed by atoms with Crippen molar-refractivity contribution in [3.05, 3.63) is 114 Å². The monoisotopic (exact) mass is 372 g/mol. The van der Waals surface area contributed by atoms with Crippen LogP contribution in [-0.4, -0.2) is 5.11 Å². The molecule has 0 fully saturated rings. The molecule has 1 heteroatoms. The van der Waals surface area contributed by atoms with Gasteiger partial charge in [0.15, 0.2) is 0 Å². The lowest BCUT2D eigenvalue weighted by atomic mass is 9.74. The van der Waals surface area contributed by atoms with E-state index < -0.39 is 0 Å². The van der Waals surface area contributed by atoms with Gasteiger partial charge < -0.3 is 5.11 Å². The van der Waals surface area contributed by atoms with E-state index in [9.17, 15) is 5.11 Å². The number of benzene rings is 5. The molecule has 1 aliphatic carbocycles. The Morgan fingerprint density at radius 1 is 0.586 bits per heavy atom. The first-order valence-electron chi connectivity index (χ1n) is 10.0. The second-order valence-electron chi connectivity index (χ2n) is 8.10. The zero-order valence-electron chi connectivity index (χ0n) is 16.2. The molecule has 5 aromatic carbocycles. The summed E-state index contributed by atoms with van der Waals surface area (Å²) in [5.74, 6) is 0.364. The Bertz CT molecular complexity index is 1380. The van der Waals surface area contributed by atoms with E-state index in [4.69, 9.17) is 0 Å². The number of hydrogen-bond acceptors (Lipinski definition) is 1. The van der Waals surface area contributed by atoms with E-state index in [0.717, 1.165) is 21.5 Å². The number of rotatable bonds is 1. The quantitative estimate of drug-likeness (QED) is 0.313. The van der Waals surface area contributed by atoms with Crippen LogP contribution < -0.4 is 0 Å². The van der Waals surface area contributed by atoms with Crippen LogP contribution >= 0.6 is 0 Å². The van der Waals surface area contributed by atoms with Crippen molar-refractivity contribution in [1.82, 2.24) is 0 Å². The molecule has 0 amide bonds. The van der Waals surface area contributed by atoms with E-state index in [0.29, 0.717) is 5.75 Å². The standard InChI is InChI=1S/C28H20O/c1-28(25-12-6-4-10-22(25)23-11-5-7-13-26(23)28)20-15-14-19-16-18-8-2-3-9-21(18)27(29)24(19)17-20/h2-17,29H,1H3. The fraction of sp³-hybridized carbons (Fsp3) is 0.0714. The number of phenols is 1. The van der Waals surface area contributed by atoms with Gasteiger partial charge in [0.25, 0.3) is 0 Å². The third kappa shape index (κ3) is 2.10. The van der Waals surface area contributed by atoms with Gasteiger partial charge in [0.1, 0.15) is 5.75 Å². The molecule has 5 aromatic rings. The van der Waals surface area contributed by atoms with Gasteiger partial charge in [0, 0.05) is 16.2 Å². The predicted octanol–water partition coefficient (Wildman–Crippen LogP) is 7.03. The second kappa shape index (κ2) is 5.71. The van der Waals surface area contributed by atoms with Gasteiger partial charge in [-0.15, -0.1) is 0 Å². The average molecular weight is 372 g/mol. The summed E-state index contributed by atoms with van der Waals surface area (Å²) in [5.41, 5.74) is 6.19. The van der Waals surface area contributed by atoms with E-state index in [1.807, 2.05) is 24.3 Å². The smallest absolute Gasteiger partial charge is 0.131 e. The highest BCUT2D eigenvalue weighted by molar-refractivity contribution is 6.05. The van der Waals surface area contributed by atoms with E-state index in [-0.39, 0.29) is 5.41 Å². The Labute approximate surface area is 169 Å². The largest absolute Gasteiger partial charge is 0.507 e. The summed E-state index contributed by atoms with van der Waals surface area (Å²) in [6.07, 6.45) is 0. The lowest BCUT2D eigenvalue weighted by molar-refractivity contribution is 0.487. The molecule has 1 aliphatic rings. The van der Waals surface area contributed by atoms with E-state index >= 15 is 0 Å². The highest BCUT2D eigenvalue weighted by Gasteiger charge is 2.40. The number of fused-ring (bicyclic) bond motifs is 5. The first-order chi connectivity index (χ1) is 14.2. The first-order valence-corrected chi connectivity index (χ1v) is 10.0. The van der Waals surface area contributed by atoms with Gasteiger partial charge in [-0.25, -0.2) is 0 Å². The Kier molecular flexibility index (Phi) is 3.23. The molecule has 29 heavy (non-hydrogen) atoms. The van der Waals surface area contributed by atoms with Crippen LogP contribution in [0.1, 0.15) is 23.6 Å². The molecule has 0 atom stereocenters. The van der Waals surface area contributed by atoms with Crippen molar-refractivity contribution >= 4 is 21.5 Å². The highest BCUT2D eigenvalue weighted by atomic mass is 16.3. The van der Waals surface area contributed by atoms with Crippen molar-refractivity contribution in [2.24, 2.45) is 0 Å². The zero-order valence-corrected chi connectivity index (χ0v) is 16.2. The molecule has 1 nitrogen and oxygen atoms in total. The average Bonchev–Trinajstić information content (AvgIpc) is 3.04. The van der Waals surface area contributed by atoms with Gasteiger partial charge in [-0.05, 0) is 57.6 Å². The fourth-order valence-corrected chi connectivity index (χ4v) is 5.11. The summed E-state index contributed by atoms with van der Waals surface area (Å²) < 4.78 is 0. The zero-order chi connectivity index (χ0) is 19.6. The molecule has 0 heterocycles. The minimum absolute atomic E-state index is 0.251. The number of phenolic OH excluding ortho intramolecular Hbond substituents is 1. The molecular weight excluding hydrogens is 352 g/mol. The Morgan fingerprint density at radius 2 is 1.17 bits per heavy atom. The predicted molar refractivity (Wildman–Crippen MR) is 121 cm³/mol. The van der Waals surface area contributed by atoms with Crippen molar-refractivity contribution in [2.75, 3.05) is 0 Å². The Morgan fingerprint density at radius 3 is 1.90 bits per heavy atom. The van der Waals surface area contributed by atoms with Crippen LogP contribution in [0.5, 0.6) is 5.75 Å². The van der Waals surface area contributed by atoms with Crippen LogP contribution in [0.25, 0.3) is 32.7 Å². The molecule has 0 unspecified atom stereocenters. The lowest BCUT2D eigenvalue weighted by Gasteiger charge is -2.28. The molecule has 0 saturated heterocycles. The maximum absolute atomic E-state index is 11.1. The molecule has 0 spiro atoms. The number of aromatic hydroxyl groups is 1. The molecule has 0 bridgehead atoms. The van der Waals surface area contributed by atoms with Crippen molar-refractivity contribution in [1.29, 1.82) is 0 Å². The Balaban J connectivity index is 1.68. The second-order valence-corrected chi connectivity index (χ2v) is 8.10. The molecule has 138 valence electrons. The third-order valence-corrected chi connectivity index (χ3v) is 6.63. The molecule has 0 aromatic heterocycles. The van der Waals surface area contributed by atoms with Gasteiger partial charge in [-0.3, -0.25) is 0 Å². The topological polar surface area (TPSA) is 20.2 Å². The van der Waals surface area contributed by atoms with Crippen LogP contribution in [-0.2, 0) is 5.41 Å². The number of hydrogen-bond donors (Lipinski definition) is 1. The maximum atomic E-state index is 11.1. The highest BCUT2D eigenvalue weighted by Crippen LogP contribution is 2.52. The molecule has 0 aliphatic heterocycles. The van der Waals surface area contributed by atoms with Crippen molar-refractivity contribution in [3.63, 3.8) is 0 Å². The molecule has 6 rings (SSSR count). The van der Waals surface area contributed by atoms with Gasteiger partial charge in [0.2, 0.25) is 0 Å². The summed E-state index contributed by atoms with van der Waals surface area (Å²) in [4.78, 5) is 0. The summed E-state index contributed by atoms with van der Waals surface area (Å²) in [7, 11) is 0. The summed E-state index contributed by atoms with van der Waals surface area (Å²) in [6, 6.07) is 34.1. The van der Waals surface area contributed by atoms with Crippen molar-refractivity contribution in [2.45, 2.75) is 12.3 Å². The van der Waals surface area contributed by atoms with Gasteiger partial charge >= 0.3 is 0 Å². The normalized spacial score (nSPS) is 14.1. The first kappa shape index (κ1) is 16.4. The molecule has 1 N–H and O–H groups in total. The van der Waals surface area contributed by atoms with Gasteiger partial charge in [-0.2, -0.15) is 0 Å². The van der Waals surface area contributed by atoms with Crippen LogP contribution in [0, 0.1) is 0 Å². The van der Waals surface area contributed by atoms with Crippen molar-refractivity contribution in [3.8, 4) is 16.9 Å². The summed E-state index contributed by atoms with van der Waals surface area (Å²) in [5, 5.41) is 15.0. The maximum Gasteiger partial charge on any atom is 0.131 e. The van der Waals surface area contributed by atoms with E-state index in [1.54, 1.807) is 0 Å². The minimum Gasteiger partial charge on any atom is -0.507 e. The molecular formula is C28H20O. The van der Waals surface area contributed by atoms with Gasteiger partial charge in [-0.1, -0.05) is 84.9 Å². The van der Waals surface area contributed by atoms with Crippen molar-refractivity contribution < 1.29 is 5.11 Å². The minimum atomic E-state index is -0.251. The summed E-state index contributed by atoms with van der Waals surface area (Å²) in [6.45, 7) is 2.30.